The third kappa shape index (κ3) is 13.0. The molecule has 346 valence electrons. The van der Waals surface area contributed by atoms with Crippen molar-refractivity contribution >= 4 is 11.9 Å². The van der Waals surface area contributed by atoms with Crippen molar-refractivity contribution in [1.29, 1.82) is 0 Å². The zero-order valence-corrected chi connectivity index (χ0v) is 37.9. The van der Waals surface area contributed by atoms with Crippen LogP contribution in [0.15, 0.2) is 30.5 Å². The Balaban J connectivity index is 1.49. The van der Waals surface area contributed by atoms with Crippen LogP contribution in [0, 0.1) is 17.8 Å². The van der Waals surface area contributed by atoms with Gasteiger partial charge in [-0.15, -0.1) is 0 Å². The molecule has 2 fully saturated rings. The Morgan fingerprint density at radius 3 is 2.38 bits per heavy atom. The molecule has 4 rings (SSSR count). The predicted molar refractivity (Wildman–Crippen MR) is 225 cm³/mol. The Morgan fingerprint density at radius 1 is 1.07 bits per heavy atom. The molecule has 14 atom stereocenters. The van der Waals surface area contributed by atoms with Gasteiger partial charge < -0.3 is 44.6 Å². The first-order valence-corrected chi connectivity index (χ1v) is 22.0. The summed E-state index contributed by atoms with van der Waals surface area (Å²) in [7, 11) is 3.76. The molecule has 17 nitrogen and oxygen atoms in total. The van der Waals surface area contributed by atoms with E-state index in [0.29, 0.717) is 32.5 Å². The van der Waals surface area contributed by atoms with E-state index in [9.17, 15) is 35.1 Å². The van der Waals surface area contributed by atoms with Crippen LogP contribution in [-0.2, 0) is 36.9 Å². The van der Waals surface area contributed by atoms with Gasteiger partial charge in [-0.2, -0.15) is 4.68 Å². The Kier molecular flexibility index (Phi) is 18.2. The molecule has 2 aromatic rings. The lowest BCUT2D eigenvalue weighted by Gasteiger charge is -2.47. The number of nitrogens with one attached hydrogen (secondary N) is 2. The van der Waals surface area contributed by atoms with Gasteiger partial charge in [-0.25, -0.2) is 5.48 Å². The number of aliphatic hydroxyl groups is 5. The topological polar surface area (TPSA) is 234 Å². The van der Waals surface area contributed by atoms with Crippen LogP contribution in [-0.4, -0.2) is 150 Å². The quantitative estimate of drug-likeness (QED) is 0.0475. The summed E-state index contributed by atoms with van der Waals surface area (Å²) in [6, 6.07) is 7.11. The van der Waals surface area contributed by atoms with Crippen molar-refractivity contribution in [3.63, 3.8) is 0 Å². The van der Waals surface area contributed by atoms with Gasteiger partial charge >= 0.3 is 5.97 Å². The van der Waals surface area contributed by atoms with E-state index in [0.717, 1.165) is 29.7 Å². The van der Waals surface area contributed by atoms with Gasteiger partial charge in [-0.3, -0.25) is 19.7 Å². The number of amides is 1. The van der Waals surface area contributed by atoms with Crippen LogP contribution in [0.3, 0.4) is 0 Å². The lowest BCUT2D eigenvalue weighted by molar-refractivity contribution is -0.753. The minimum absolute atomic E-state index is 0.155. The molecule has 0 unspecified atom stereocenters. The van der Waals surface area contributed by atoms with Crippen molar-refractivity contribution in [2.75, 3.05) is 20.6 Å². The van der Waals surface area contributed by atoms with Gasteiger partial charge in [0.1, 0.15) is 30.5 Å². The maximum absolute atomic E-state index is 13.6. The second-order valence-corrected chi connectivity index (χ2v) is 18.5. The molecule has 2 aliphatic heterocycles. The number of aromatic amines is 1. The number of carbonyl (C=O) groups excluding carboxylic acids is 2. The van der Waals surface area contributed by atoms with E-state index in [2.05, 4.69) is 15.2 Å². The zero-order chi connectivity index (χ0) is 45.4. The van der Waals surface area contributed by atoms with Gasteiger partial charge in [0.15, 0.2) is 12.5 Å². The van der Waals surface area contributed by atoms with Crippen molar-refractivity contribution < 1.29 is 59.2 Å². The number of carbonyl (C=O) groups is 2. The van der Waals surface area contributed by atoms with Crippen LogP contribution in [0.5, 0.6) is 0 Å². The fourth-order valence-electron chi connectivity index (χ4n) is 9.23. The first kappa shape index (κ1) is 50.5. The first-order valence-electron chi connectivity index (χ1n) is 22.0. The molecular formula is C44H75N6O11+. The van der Waals surface area contributed by atoms with Crippen LogP contribution in [0.1, 0.15) is 106 Å². The molecule has 0 saturated carbocycles. The summed E-state index contributed by atoms with van der Waals surface area (Å²) in [6.45, 7) is 15.4. The summed E-state index contributed by atoms with van der Waals surface area (Å²) in [5, 5.41) is 74.9. The molecule has 0 aliphatic carbocycles. The average Bonchev–Trinajstić information content (AvgIpc) is 3.69. The molecule has 1 aromatic carbocycles. The largest absolute Gasteiger partial charge is 0.459 e. The number of aromatic nitrogens is 3. The third-order valence-corrected chi connectivity index (χ3v) is 13.1. The highest BCUT2D eigenvalue weighted by atomic mass is 16.7. The normalized spacial score (nSPS) is 36.2. The number of aliphatic hydroxyl groups excluding tert-OH is 3. The van der Waals surface area contributed by atoms with Crippen LogP contribution in [0.25, 0.3) is 11.3 Å². The molecule has 61 heavy (non-hydrogen) atoms. The molecular weight excluding hydrogens is 789 g/mol. The van der Waals surface area contributed by atoms with Gasteiger partial charge in [0.25, 0.3) is 0 Å². The van der Waals surface area contributed by atoms with Crippen molar-refractivity contribution in [1.82, 2.24) is 25.6 Å². The number of rotatable bonds is 13. The predicted octanol–water partition coefficient (Wildman–Crippen LogP) is 2.29. The fraction of sp³-hybridized carbons (Fsp3) is 0.773. The molecule has 3 heterocycles. The van der Waals surface area contributed by atoms with Crippen LogP contribution in [0.4, 0.5) is 0 Å². The number of likely N-dealkylation sites (N-methyl/N-ethyl adjacent to an activating group) is 2. The third-order valence-electron chi connectivity index (χ3n) is 13.1. The van der Waals surface area contributed by atoms with Crippen LogP contribution >= 0.6 is 0 Å². The monoisotopic (exact) mass is 864 g/mol. The fourth-order valence-corrected chi connectivity index (χ4v) is 9.23. The van der Waals surface area contributed by atoms with Gasteiger partial charge in [0.05, 0.1) is 29.8 Å². The Hall–Kier alpha value is -3.10. The van der Waals surface area contributed by atoms with Crippen molar-refractivity contribution in [3.8, 4) is 11.3 Å². The lowest BCUT2D eigenvalue weighted by Crippen LogP contribution is -2.59. The molecule has 17 heteroatoms. The highest BCUT2D eigenvalue weighted by Gasteiger charge is 2.50. The number of benzene rings is 1. The maximum Gasteiger partial charge on any atom is 0.311 e. The number of nitrogens with zero attached hydrogens (tertiary/aromatic N) is 4. The zero-order valence-electron chi connectivity index (χ0n) is 37.9. The number of hydrogen-bond acceptors (Lipinski definition) is 14. The molecule has 0 radical (unpaired) electrons. The lowest BCUT2D eigenvalue weighted by atomic mass is 9.78. The minimum Gasteiger partial charge on any atom is -0.459 e. The minimum atomic E-state index is -1.79. The summed E-state index contributed by atoms with van der Waals surface area (Å²) in [5.74, 6) is -3.25. The Morgan fingerprint density at radius 2 is 1.74 bits per heavy atom. The molecule has 0 spiro atoms. The molecule has 2 saturated heterocycles. The van der Waals surface area contributed by atoms with Crippen LogP contribution in [0.2, 0.25) is 0 Å². The van der Waals surface area contributed by atoms with Gasteiger partial charge in [-0.05, 0) is 111 Å². The van der Waals surface area contributed by atoms with E-state index < -0.39 is 77.9 Å². The summed E-state index contributed by atoms with van der Waals surface area (Å²) in [5.41, 5.74) is 1.02. The van der Waals surface area contributed by atoms with Crippen molar-refractivity contribution in [2.24, 2.45) is 17.8 Å². The SMILES string of the molecule is CC[C@H]1OC(=O)[C@H](C)[C@@H](O)[C@H](C)[C@@H](O[C@@H]2O[C@H](C)C[C@H](N(C)Cc3ccc(-c4c[n+](CCCCCC(=O)NO)[nH]n4)cc3)[C@H]2O)[C@](C)(O)C[C@@H](C)CN(C)[C@H](C)[C@@H](O)[C@]1(C)O. The second kappa shape index (κ2) is 22.0. The van der Waals surface area contributed by atoms with E-state index in [1.807, 2.05) is 68.0 Å². The van der Waals surface area contributed by atoms with E-state index >= 15 is 0 Å². The van der Waals surface area contributed by atoms with E-state index in [-0.39, 0.29) is 37.2 Å². The smallest absolute Gasteiger partial charge is 0.311 e. The number of esters is 1. The van der Waals surface area contributed by atoms with Gasteiger partial charge in [-0.1, -0.05) is 38.1 Å². The van der Waals surface area contributed by atoms with Gasteiger partial charge in [0.2, 0.25) is 11.6 Å². The summed E-state index contributed by atoms with van der Waals surface area (Å²) in [4.78, 5) is 28.7. The molecule has 1 amide bonds. The van der Waals surface area contributed by atoms with Crippen molar-refractivity contribution in [2.45, 2.75) is 180 Å². The van der Waals surface area contributed by atoms with Crippen molar-refractivity contribution in [3.05, 3.63) is 36.0 Å². The van der Waals surface area contributed by atoms with E-state index in [1.165, 1.54) is 13.8 Å². The molecule has 0 bridgehead atoms. The van der Waals surface area contributed by atoms with E-state index in [4.69, 9.17) is 19.4 Å². The summed E-state index contributed by atoms with van der Waals surface area (Å²) in [6.07, 6.45) is -1.90. The Labute approximate surface area is 361 Å². The first-order chi connectivity index (χ1) is 28.6. The highest BCUT2D eigenvalue weighted by Crippen LogP contribution is 2.37. The van der Waals surface area contributed by atoms with E-state index in [1.54, 1.807) is 33.2 Å². The molecule has 1 aromatic heterocycles. The number of unbranched alkanes of at least 4 members (excludes halogenated alkanes) is 2. The number of ether oxygens (including phenoxy) is 3. The Bertz CT molecular complexity index is 1680. The van der Waals surface area contributed by atoms with Crippen LogP contribution < -0.4 is 10.2 Å². The summed E-state index contributed by atoms with van der Waals surface area (Å²) >= 11 is 0. The maximum atomic E-state index is 13.6. The highest BCUT2D eigenvalue weighted by molar-refractivity contribution is 5.74. The second-order valence-electron chi connectivity index (χ2n) is 18.5. The number of hydrogen-bond donors (Lipinski definition) is 8. The van der Waals surface area contributed by atoms with Gasteiger partial charge in [0, 0.05) is 48.2 Å². The average molecular weight is 864 g/mol. The number of H-pyrrole nitrogens is 1. The molecule has 2 aliphatic rings. The number of aryl methyl sites for hydroxylation is 1. The summed E-state index contributed by atoms with van der Waals surface area (Å²) < 4.78 is 20.6. The number of cyclic esters (lactones) is 1. The molecule has 8 N–H and O–H groups in total. The number of hydroxylamine groups is 1. The standard InChI is InChI=1S/C44H74N6O11/c1-11-35-44(8,57)39(54)30(6)48(9)23-26(2)22-43(7,56)40(28(4)37(52)29(5)41(55)60-35)61-42-38(53)34(21-27(3)59-42)49(10)24-31-16-18-32(19-17-31)33-25-50(47-45-33)20-14-12-13-15-36(51)46-58/h16-19,25-30,34-35,37-40,42,52-54,56-57H,11-15,20-24H2,1-10H3,(H2,45,46,47,51,58)/p+1/t26-,27-,28+,29-,30-,34+,35-,37+,38-,39-,40-,42+,43-,44-/m1/s1.